The normalized spacial score (nSPS) is 18.1. The van der Waals surface area contributed by atoms with Crippen LogP contribution < -0.4 is 10.2 Å². The first-order valence-electron chi connectivity index (χ1n) is 11.7. The van der Waals surface area contributed by atoms with E-state index < -0.39 is 23.6 Å². The zero-order chi connectivity index (χ0) is 25.8. The van der Waals surface area contributed by atoms with E-state index in [0.717, 1.165) is 30.4 Å². The van der Waals surface area contributed by atoms with E-state index in [-0.39, 0.29) is 16.8 Å². The van der Waals surface area contributed by atoms with Crippen LogP contribution in [0.4, 0.5) is 33.5 Å². The maximum absolute atomic E-state index is 14.8. The van der Waals surface area contributed by atoms with Crippen LogP contribution in [0.3, 0.4) is 0 Å². The molecule has 1 aromatic heterocycles. The van der Waals surface area contributed by atoms with Crippen molar-refractivity contribution in [2.75, 3.05) is 36.9 Å². The lowest BCUT2D eigenvalue weighted by Gasteiger charge is -2.54. The Kier molecular flexibility index (Phi) is 5.89. The summed E-state index contributed by atoms with van der Waals surface area (Å²) in [5.41, 5.74) is 0.272. The predicted molar refractivity (Wildman–Crippen MR) is 127 cm³/mol. The van der Waals surface area contributed by atoms with Gasteiger partial charge in [0, 0.05) is 37.3 Å². The van der Waals surface area contributed by atoms with Crippen molar-refractivity contribution in [1.29, 1.82) is 0 Å². The van der Waals surface area contributed by atoms with E-state index >= 15 is 0 Å². The Balaban J connectivity index is 1.56. The second-order valence-corrected chi connectivity index (χ2v) is 9.78. The van der Waals surface area contributed by atoms with Gasteiger partial charge in [-0.15, -0.1) is 0 Å². The summed E-state index contributed by atoms with van der Waals surface area (Å²) in [5.74, 6) is -0.738. The Morgan fingerprint density at radius 1 is 1.00 bits per heavy atom. The topological polar surface area (TPSA) is 44.3 Å². The maximum Gasteiger partial charge on any atom is 0.419 e. The standard InChI is InChI=1S/C26H26F5N5/c1-15(17-7-6-8-19(22(17)28)26(29,30)31)32-24-18-11-36(21-10-5-4-9-20(21)27)14-25(12-35(3)13-25)23(18)33-16(2)34-24/h4-10,15H,11-14H2,1-3H3,(H,32,33,34)/t15-/m1/s1. The van der Waals surface area contributed by atoms with Crippen LogP contribution in [0.1, 0.15) is 41.2 Å². The molecule has 5 nitrogen and oxygen atoms in total. The van der Waals surface area contributed by atoms with Gasteiger partial charge in [0.2, 0.25) is 0 Å². The largest absolute Gasteiger partial charge is 0.419 e. The fourth-order valence-corrected chi connectivity index (χ4v) is 5.49. The Morgan fingerprint density at radius 3 is 2.39 bits per heavy atom. The number of rotatable bonds is 4. The predicted octanol–water partition coefficient (Wildman–Crippen LogP) is 5.46. The van der Waals surface area contributed by atoms with Crippen molar-refractivity contribution in [3.8, 4) is 0 Å². The summed E-state index contributed by atoms with van der Waals surface area (Å²) in [7, 11) is 2.00. The molecule has 5 rings (SSSR count). The number of likely N-dealkylation sites (N-methyl/N-ethyl adjacent to an activating group) is 1. The van der Waals surface area contributed by atoms with Crippen LogP contribution in [-0.4, -0.2) is 41.5 Å². The van der Waals surface area contributed by atoms with Gasteiger partial charge in [-0.2, -0.15) is 13.2 Å². The number of fused-ring (bicyclic) bond motifs is 2. The molecule has 10 heteroatoms. The summed E-state index contributed by atoms with van der Waals surface area (Å²) in [4.78, 5) is 13.4. The first-order valence-corrected chi connectivity index (χ1v) is 11.7. The maximum atomic E-state index is 14.8. The van der Waals surface area contributed by atoms with Gasteiger partial charge in [0.1, 0.15) is 23.3 Å². The molecule has 2 aliphatic heterocycles. The highest BCUT2D eigenvalue weighted by molar-refractivity contribution is 5.59. The van der Waals surface area contributed by atoms with Gasteiger partial charge >= 0.3 is 6.18 Å². The van der Waals surface area contributed by atoms with Gasteiger partial charge in [0.05, 0.1) is 28.4 Å². The molecular formula is C26H26F5N5. The van der Waals surface area contributed by atoms with Gasteiger partial charge in [-0.05, 0) is 39.1 Å². The third-order valence-corrected chi connectivity index (χ3v) is 6.96. The molecule has 1 saturated heterocycles. The molecule has 0 radical (unpaired) electrons. The molecular weight excluding hydrogens is 477 g/mol. The van der Waals surface area contributed by atoms with Crippen LogP contribution in [0.25, 0.3) is 0 Å². The average molecular weight is 504 g/mol. The van der Waals surface area contributed by atoms with Crippen molar-refractivity contribution >= 4 is 11.5 Å². The summed E-state index contributed by atoms with van der Waals surface area (Å²) in [6.07, 6.45) is -4.80. The van der Waals surface area contributed by atoms with E-state index in [1.54, 1.807) is 32.0 Å². The minimum absolute atomic E-state index is 0.116. The number of aromatic nitrogens is 2. The molecule has 36 heavy (non-hydrogen) atoms. The zero-order valence-corrected chi connectivity index (χ0v) is 20.1. The second-order valence-electron chi connectivity index (χ2n) is 9.78. The van der Waals surface area contributed by atoms with Gasteiger partial charge in [-0.3, -0.25) is 0 Å². The number of anilines is 2. The Morgan fingerprint density at radius 2 is 1.72 bits per heavy atom. The molecule has 2 aromatic carbocycles. The van der Waals surface area contributed by atoms with E-state index in [4.69, 9.17) is 4.98 Å². The highest BCUT2D eigenvalue weighted by atomic mass is 19.4. The van der Waals surface area contributed by atoms with Gasteiger partial charge < -0.3 is 15.1 Å². The number of alkyl halides is 3. The number of para-hydroxylation sites is 1. The van der Waals surface area contributed by atoms with Crippen molar-refractivity contribution in [1.82, 2.24) is 14.9 Å². The molecule has 0 aliphatic carbocycles. The smallest absolute Gasteiger partial charge is 0.364 e. The van der Waals surface area contributed by atoms with Crippen LogP contribution in [-0.2, 0) is 18.1 Å². The number of likely N-dealkylation sites (tertiary alicyclic amines) is 1. The van der Waals surface area contributed by atoms with Crippen molar-refractivity contribution in [3.63, 3.8) is 0 Å². The number of hydrogen-bond donors (Lipinski definition) is 1. The van der Waals surface area contributed by atoms with Crippen LogP contribution in [0, 0.1) is 18.6 Å². The quantitative estimate of drug-likeness (QED) is 0.479. The highest BCUT2D eigenvalue weighted by Crippen LogP contribution is 2.43. The van der Waals surface area contributed by atoms with Crippen LogP contribution in [0.15, 0.2) is 42.5 Å². The van der Waals surface area contributed by atoms with E-state index in [2.05, 4.69) is 15.2 Å². The fraction of sp³-hybridized carbons (Fsp3) is 0.385. The van der Waals surface area contributed by atoms with Crippen molar-refractivity contribution in [2.45, 2.75) is 38.0 Å². The second kappa shape index (κ2) is 8.69. The molecule has 3 heterocycles. The first-order chi connectivity index (χ1) is 17.0. The van der Waals surface area contributed by atoms with Gasteiger partial charge in [0.25, 0.3) is 0 Å². The third kappa shape index (κ3) is 4.17. The number of nitrogens with one attached hydrogen (secondary N) is 1. The molecule has 1 N–H and O–H groups in total. The fourth-order valence-electron chi connectivity index (χ4n) is 5.49. The van der Waals surface area contributed by atoms with Crippen molar-refractivity contribution < 1.29 is 22.0 Å². The number of halogens is 5. The minimum Gasteiger partial charge on any atom is -0.364 e. The van der Waals surface area contributed by atoms with Crippen LogP contribution >= 0.6 is 0 Å². The molecule has 2 aliphatic rings. The SMILES string of the molecule is Cc1nc(N[C@H](C)c2cccc(C(F)(F)F)c2F)c2c(n1)C1(CN(C)C1)CN(c1ccccc1F)C2. The lowest BCUT2D eigenvalue weighted by Crippen LogP contribution is -2.65. The Labute approximate surface area is 206 Å². The number of nitrogens with zero attached hydrogens (tertiary/aromatic N) is 4. The van der Waals surface area contributed by atoms with Gasteiger partial charge in [-0.1, -0.05) is 24.3 Å². The lowest BCUT2D eigenvalue weighted by atomic mass is 9.72. The van der Waals surface area contributed by atoms with Crippen LogP contribution in [0.2, 0.25) is 0 Å². The Hall–Kier alpha value is -3.27. The molecule has 3 aromatic rings. The summed E-state index contributed by atoms with van der Waals surface area (Å²) >= 11 is 0. The Bertz CT molecular complexity index is 1300. The number of aryl methyl sites for hydroxylation is 1. The van der Waals surface area contributed by atoms with Gasteiger partial charge in [-0.25, -0.2) is 18.7 Å². The first kappa shape index (κ1) is 24.4. The lowest BCUT2D eigenvalue weighted by molar-refractivity contribution is -0.140. The van der Waals surface area contributed by atoms with Crippen molar-refractivity contribution in [3.05, 3.63) is 82.3 Å². The van der Waals surface area contributed by atoms with E-state index in [9.17, 15) is 22.0 Å². The van der Waals surface area contributed by atoms with E-state index in [0.29, 0.717) is 30.4 Å². The summed E-state index contributed by atoms with van der Waals surface area (Å²) in [5, 5.41) is 3.14. The molecule has 190 valence electrons. The molecule has 1 spiro atoms. The monoisotopic (exact) mass is 503 g/mol. The highest BCUT2D eigenvalue weighted by Gasteiger charge is 2.50. The van der Waals surface area contributed by atoms with Gasteiger partial charge in [0.15, 0.2) is 0 Å². The van der Waals surface area contributed by atoms with E-state index in [1.165, 1.54) is 18.2 Å². The molecule has 1 atom stereocenters. The summed E-state index contributed by atoms with van der Waals surface area (Å²) in [6, 6.07) is 8.98. The zero-order valence-electron chi connectivity index (χ0n) is 20.1. The minimum atomic E-state index is -4.80. The molecule has 0 amide bonds. The van der Waals surface area contributed by atoms with Crippen molar-refractivity contribution in [2.24, 2.45) is 0 Å². The molecule has 1 fully saturated rings. The summed E-state index contributed by atoms with van der Waals surface area (Å²) in [6.45, 7) is 5.66. The van der Waals surface area contributed by atoms with Crippen LogP contribution in [0.5, 0.6) is 0 Å². The number of hydrogen-bond acceptors (Lipinski definition) is 5. The molecule has 0 unspecified atom stereocenters. The van der Waals surface area contributed by atoms with E-state index in [1.807, 2.05) is 11.9 Å². The third-order valence-electron chi connectivity index (χ3n) is 6.96. The summed E-state index contributed by atoms with van der Waals surface area (Å²) < 4.78 is 69.4. The number of benzene rings is 2. The average Bonchev–Trinajstić information content (AvgIpc) is 2.78. The molecule has 0 bridgehead atoms. The molecule has 0 saturated carbocycles.